The van der Waals surface area contributed by atoms with E-state index in [0.717, 1.165) is 6.29 Å². The predicted octanol–water partition coefficient (Wildman–Crippen LogP) is -2.23. The second kappa shape index (κ2) is 39.0. The van der Waals surface area contributed by atoms with E-state index in [4.69, 9.17) is 34.5 Å². The molecular weight excluding hydrogens is 935 g/mol. The van der Waals surface area contributed by atoms with Gasteiger partial charge in [-0.2, -0.15) is 9.78 Å². The summed E-state index contributed by atoms with van der Waals surface area (Å²) in [4.78, 5) is 105. The van der Waals surface area contributed by atoms with E-state index in [1.807, 2.05) is 21.7 Å². The number of ether oxygens (including phenoxy) is 4. The number of hydrogen-bond acceptors (Lipinski definition) is 19. The summed E-state index contributed by atoms with van der Waals surface area (Å²) in [5.41, 5.74) is 5.04. The van der Waals surface area contributed by atoms with E-state index in [-0.39, 0.29) is 113 Å². The molecule has 58 heavy (non-hydrogen) atoms. The van der Waals surface area contributed by atoms with E-state index in [0.29, 0.717) is 78.8 Å². The molecule has 0 aromatic heterocycles. The zero-order chi connectivity index (χ0) is 42.0. The number of quaternary nitrogens is 1. The second-order valence-electron chi connectivity index (χ2n) is 12.6. The Morgan fingerprint density at radius 3 is 1.60 bits per heavy atom. The van der Waals surface area contributed by atoms with E-state index >= 15 is 0 Å². The minimum absolute atomic E-state index is 0. The third-order valence-electron chi connectivity index (χ3n) is 8.38. The van der Waals surface area contributed by atoms with Gasteiger partial charge < -0.3 is 46.7 Å². The Kier molecular flexibility index (Phi) is 40.4. The number of carbonyl (C=O) groups is 6. The molecule has 0 spiro atoms. The van der Waals surface area contributed by atoms with Gasteiger partial charge in [0.1, 0.15) is 19.4 Å². The Hall–Kier alpha value is -2.19. The summed E-state index contributed by atoms with van der Waals surface area (Å²) in [6.07, 6.45) is 1.26. The molecule has 22 nitrogen and oxygen atoms in total. The summed E-state index contributed by atoms with van der Waals surface area (Å²) < 4.78 is 21.3. The molecule has 1 rings (SSSR count). The van der Waals surface area contributed by atoms with E-state index in [1.165, 1.54) is 35.5 Å². The van der Waals surface area contributed by atoms with Crippen molar-refractivity contribution in [3.05, 3.63) is 7.43 Å². The van der Waals surface area contributed by atoms with Crippen LogP contribution in [0, 0.1) is 44.3 Å². The van der Waals surface area contributed by atoms with Crippen molar-refractivity contribution >= 4 is 36.0 Å². The largest absolute Gasteiger partial charge is 0.465 e. The molecule has 0 saturated carbocycles. The molecule has 1 fully saturated rings. The van der Waals surface area contributed by atoms with Crippen LogP contribution in [-0.4, -0.2) is 222 Å². The average molecular weight is 1000 g/mol. The third kappa shape index (κ3) is 32.6. The van der Waals surface area contributed by atoms with Gasteiger partial charge in [0.2, 0.25) is 11.8 Å². The van der Waals surface area contributed by atoms with Crippen molar-refractivity contribution < 1.29 is 118 Å². The Morgan fingerprint density at radius 1 is 0.690 bits per heavy atom. The molecule has 2 amide bonds. The fraction of sp³-hybridized carbons (Fsp3) is 0.800. The minimum atomic E-state index is -0.636. The molecule has 3 N–H and O–H groups in total. The topological polar surface area (TPSA) is 242 Å². The molecule has 23 heteroatoms. The van der Waals surface area contributed by atoms with Gasteiger partial charge in [-0.25, -0.2) is 24.2 Å². The molecule has 1 aliphatic rings. The maximum absolute atomic E-state index is 12.6. The van der Waals surface area contributed by atoms with Crippen LogP contribution in [0.2, 0.25) is 0 Å². The molecule has 1 unspecified atom stereocenters. The van der Waals surface area contributed by atoms with Gasteiger partial charge in [0.25, 0.3) is 0 Å². The normalized spacial score (nSPS) is 15.6. The Balaban J connectivity index is -0.00000480. The van der Waals surface area contributed by atoms with Crippen LogP contribution in [0.15, 0.2) is 0 Å². The van der Waals surface area contributed by atoms with Gasteiger partial charge in [0.05, 0.1) is 101 Å². The Bertz CT molecular complexity index is 1080. The van der Waals surface area contributed by atoms with Crippen LogP contribution in [0.1, 0.15) is 19.3 Å². The molecule has 1 radical (unpaired) electrons. The zero-order valence-electron chi connectivity index (χ0n) is 35.2. The standard InChI is InChI=1S/C32H58N6O14.C2H6O2.CH3.Lu/c1-38(25-32(44)45-2)15-13-35(23-30(42)51-46-3)9-11-37(12-10-36(14-16-38)24-31(43)52-47-4)27(26-39)5-6-29(41)34-8-18-49-20-22-50-21-19-48-17-7-28(33)40;1-3-4-2;;/h26-27H,5-25H2,1-4H3,(H2-,33,34,40,41);1-2H3;1H3;/q;;-1;/p+1. The number of nitrogens with two attached hydrogens (primary N) is 1. The Morgan fingerprint density at radius 2 is 1.17 bits per heavy atom. The molecule has 349 valence electrons. The molecular formula is C35H68LuN6O16. The van der Waals surface area contributed by atoms with Crippen LogP contribution in [0.25, 0.3) is 0 Å². The monoisotopic (exact) mass is 1000 g/mol. The molecule has 0 aliphatic carbocycles. The van der Waals surface area contributed by atoms with Crippen LogP contribution in [0.4, 0.5) is 0 Å². The van der Waals surface area contributed by atoms with Gasteiger partial charge in [0.15, 0.2) is 6.54 Å². The number of nitrogens with zero attached hydrogens (tertiary/aromatic N) is 4. The van der Waals surface area contributed by atoms with Gasteiger partial charge >= 0.3 is 17.9 Å². The maximum Gasteiger partial charge on any atom is 0.361 e. The van der Waals surface area contributed by atoms with Crippen LogP contribution in [0.3, 0.4) is 0 Å². The number of amides is 2. The first-order chi connectivity index (χ1) is 26.9. The van der Waals surface area contributed by atoms with Gasteiger partial charge in [0, 0.05) is 95.5 Å². The molecule has 1 aliphatic heterocycles. The number of methoxy groups -OCH3 is 1. The summed E-state index contributed by atoms with van der Waals surface area (Å²) in [6.45, 7) is 5.10. The third-order valence-corrected chi connectivity index (χ3v) is 8.38. The van der Waals surface area contributed by atoms with Gasteiger partial charge in [-0.05, 0) is 6.42 Å². The van der Waals surface area contributed by atoms with Gasteiger partial charge in [-0.15, -0.1) is 0 Å². The van der Waals surface area contributed by atoms with Crippen LogP contribution in [0.5, 0.6) is 0 Å². The number of primary amides is 1. The van der Waals surface area contributed by atoms with Crippen molar-refractivity contribution in [1.82, 2.24) is 20.0 Å². The number of carbonyl (C=O) groups excluding carboxylic acids is 6. The van der Waals surface area contributed by atoms with Crippen LogP contribution < -0.4 is 11.1 Å². The van der Waals surface area contributed by atoms with E-state index in [9.17, 15) is 28.8 Å². The van der Waals surface area contributed by atoms with Crippen molar-refractivity contribution in [1.29, 1.82) is 0 Å². The summed E-state index contributed by atoms with van der Waals surface area (Å²) in [5, 5.41) is 2.79. The zero-order valence-corrected chi connectivity index (χ0v) is 36.8. The first-order valence-corrected chi connectivity index (χ1v) is 18.2. The van der Waals surface area contributed by atoms with Crippen LogP contribution in [-0.2, 0) is 77.0 Å². The van der Waals surface area contributed by atoms with Gasteiger partial charge in [-0.1, -0.05) is 0 Å². The second-order valence-corrected chi connectivity index (χ2v) is 12.6. The van der Waals surface area contributed by atoms with E-state index in [2.05, 4.69) is 24.9 Å². The fourth-order valence-electron chi connectivity index (χ4n) is 5.22. The molecule has 1 saturated heterocycles. The van der Waals surface area contributed by atoms with Crippen molar-refractivity contribution in [3.63, 3.8) is 0 Å². The number of rotatable bonds is 26. The summed E-state index contributed by atoms with van der Waals surface area (Å²) >= 11 is 0. The molecule has 1 atom stereocenters. The first-order valence-electron chi connectivity index (χ1n) is 18.2. The SMILES string of the molecule is COOC.COOC(=O)CN1CCN(C(C=O)CCC(=O)NCCOCCOCCOCCC(N)=O)CCN(CC(=O)OOC)CC[N+](C)(CC(=O)OC)CC1.[CH3-].[Lu]. The number of likely N-dealkylation sites (N-methyl/N-ethyl adjacent to an activating group) is 1. The van der Waals surface area contributed by atoms with Crippen molar-refractivity contribution in [3.8, 4) is 0 Å². The van der Waals surface area contributed by atoms with Crippen LogP contribution >= 0.6 is 0 Å². The summed E-state index contributed by atoms with van der Waals surface area (Å²) in [5.74, 6) is -2.27. The van der Waals surface area contributed by atoms with Crippen molar-refractivity contribution in [2.75, 3.05) is 161 Å². The molecule has 0 aromatic carbocycles. The van der Waals surface area contributed by atoms with Crippen molar-refractivity contribution in [2.24, 2.45) is 5.73 Å². The van der Waals surface area contributed by atoms with Crippen molar-refractivity contribution in [2.45, 2.75) is 25.3 Å². The number of nitrogens with one attached hydrogen (secondary N) is 1. The smallest absolute Gasteiger partial charge is 0.361 e. The number of aldehydes is 1. The molecule has 0 aromatic rings. The fourth-order valence-corrected chi connectivity index (χ4v) is 5.22. The number of hydrogen-bond donors (Lipinski definition) is 2. The molecule has 1 heterocycles. The van der Waals surface area contributed by atoms with E-state index < -0.39 is 29.9 Å². The van der Waals surface area contributed by atoms with Gasteiger partial charge in [-0.3, -0.25) is 34.1 Å². The Labute approximate surface area is 371 Å². The summed E-state index contributed by atoms with van der Waals surface area (Å²) in [6, 6.07) is -0.636. The summed E-state index contributed by atoms with van der Waals surface area (Å²) in [7, 11) is 8.61. The quantitative estimate of drug-likeness (QED) is 0.0177. The first kappa shape index (κ1) is 60.1. The molecule has 0 bridgehead atoms. The maximum atomic E-state index is 12.6. The average Bonchev–Trinajstić information content (AvgIpc) is 3.16. The number of esters is 1. The predicted molar refractivity (Wildman–Crippen MR) is 202 cm³/mol. The minimum Gasteiger partial charge on any atom is -0.465 e. The van der Waals surface area contributed by atoms with E-state index in [1.54, 1.807) is 0 Å².